The first kappa shape index (κ1) is 12.0. The van der Waals surface area contributed by atoms with Crippen LogP contribution in [0.2, 0.25) is 0 Å². The van der Waals surface area contributed by atoms with Crippen LogP contribution in [0.3, 0.4) is 0 Å². The van der Waals surface area contributed by atoms with Crippen LogP contribution in [0.25, 0.3) is 0 Å². The molecule has 2 atom stereocenters. The van der Waals surface area contributed by atoms with Gasteiger partial charge >= 0.3 is 0 Å². The fourth-order valence-electron chi connectivity index (χ4n) is 1.75. The maximum atomic E-state index is 5.80. The fourth-order valence-corrected chi connectivity index (χ4v) is 1.75. The monoisotopic (exact) mass is 239 g/mol. The van der Waals surface area contributed by atoms with Crippen LogP contribution in [0.1, 0.15) is 13.8 Å². The maximum absolute atomic E-state index is 5.80. The third kappa shape index (κ3) is 1.71. The van der Waals surface area contributed by atoms with Gasteiger partial charge in [-0.05, 0) is 12.1 Å². The lowest BCUT2D eigenvalue weighted by Gasteiger charge is -2.46. The predicted octanol–water partition coefficient (Wildman–Crippen LogP) is 1.77. The molecule has 5 heteroatoms. The van der Waals surface area contributed by atoms with Crippen molar-refractivity contribution in [2.24, 2.45) is 0 Å². The van der Waals surface area contributed by atoms with Crippen LogP contribution >= 0.6 is 0 Å². The summed E-state index contributed by atoms with van der Waals surface area (Å²) in [5.74, 6) is -0.935. The number of methoxy groups -OCH3 is 2. The highest BCUT2D eigenvalue weighted by Crippen LogP contribution is 2.44. The Morgan fingerprint density at radius 3 is 2.06 bits per heavy atom. The van der Waals surface area contributed by atoms with Crippen LogP contribution in [-0.2, 0) is 9.47 Å². The summed E-state index contributed by atoms with van der Waals surface area (Å²) >= 11 is 0. The smallest absolute Gasteiger partial charge is 0.273 e. The first-order valence-electron chi connectivity index (χ1n) is 5.32. The summed E-state index contributed by atoms with van der Waals surface area (Å²) in [6.45, 7) is 3.51. The third-order valence-corrected chi connectivity index (χ3v) is 3.18. The van der Waals surface area contributed by atoms with Crippen LogP contribution in [-0.4, -0.2) is 25.8 Å². The number of anilines is 1. The lowest BCUT2D eigenvalue weighted by Crippen LogP contribution is -2.62. The summed E-state index contributed by atoms with van der Waals surface area (Å²) in [5.41, 5.74) is 6.31. The average Bonchev–Trinajstić information content (AvgIpc) is 2.31. The molecular formula is C12H17NO4. The van der Waals surface area contributed by atoms with Crippen molar-refractivity contribution < 1.29 is 18.9 Å². The van der Waals surface area contributed by atoms with Gasteiger partial charge in [-0.3, -0.25) is 0 Å². The molecule has 0 spiro atoms. The maximum Gasteiger partial charge on any atom is 0.273 e. The minimum absolute atomic E-state index is 0.545. The Hall–Kier alpha value is -1.46. The summed E-state index contributed by atoms with van der Waals surface area (Å²) in [6, 6.07) is 5.19. The molecule has 1 aromatic rings. The van der Waals surface area contributed by atoms with Gasteiger partial charge in [-0.1, -0.05) is 0 Å². The Balaban J connectivity index is 2.47. The second kappa shape index (κ2) is 3.78. The van der Waals surface area contributed by atoms with E-state index in [1.807, 2.05) is 0 Å². The van der Waals surface area contributed by atoms with E-state index in [4.69, 9.17) is 24.7 Å². The lowest BCUT2D eigenvalue weighted by molar-refractivity contribution is -0.345. The molecule has 1 heterocycles. The number of ether oxygens (including phenoxy) is 4. The van der Waals surface area contributed by atoms with E-state index in [2.05, 4.69) is 0 Å². The molecule has 0 radical (unpaired) electrons. The van der Waals surface area contributed by atoms with E-state index in [-0.39, 0.29) is 0 Å². The molecule has 94 valence electrons. The molecule has 0 saturated carbocycles. The van der Waals surface area contributed by atoms with Crippen LogP contribution in [0.15, 0.2) is 18.2 Å². The normalized spacial score (nSPS) is 31.3. The minimum Gasteiger partial charge on any atom is -0.452 e. The third-order valence-electron chi connectivity index (χ3n) is 3.18. The van der Waals surface area contributed by atoms with Gasteiger partial charge in [0.2, 0.25) is 0 Å². The molecule has 1 aromatic carbocycles. The molecule has 0 aliphatic carbocycles. The summed E-state index contributed by atoms with van der Waals surface area (Å²) in [7, 11) is 3.08. The topological polar surface area (TPSA) is 62.9 Å². The van der Waals surface area contributed by atoms with E-state index >= 15 is 0 Å². The largest absolute Gasteiger partial charge is 0.452 e. The van der Waals surface area contributed by atoms with E-state index in [1.54, 1.807) is 39.2 Å². The van der Waals surface area contributed by atoms with Gasteiger partial charge in [0.15, 0.2) is 11.5 Å². The van der Waals surface area contributed by atoms with Gasteiger partial charge in [-0.15, -0.1) is 0 Å². The predicted molar refractivity (Wildman–Crippen MR) is 62.9 cm³/mol. The number of hydrogen-bond donors (Lipinski definition) is 1. The van der Waals surface area contributed by atoms with Gasteiger partial charge in [0, 0.05) is 39.8 Å². The average molecular weight is 239 g/mol. The second-order valence-electron chi connectivity index (χ2n) is 4.21. The van der Waals surface area contributed by atoms with Crippen molar-refractivity contribution >= 4 is 5.69 Å². The van der Waals surface area contributed by atoms with E-state index in [9.17, 15) is 0 Å². The first-order valence-corrected chi connectivity index (χ1v) is 5.32. The van der Waals surface area contributed by atoms with E-state index in [1.165, 1.54) is 7.11 Å². The van der Waals surface area contributed by atoms with Crippen LogP contribution in [0.5, 0.6) is 11.5 Å². The highest BCUT2D eigenvalue weighted by atomic mass is 16.8. The Morgan fingerprint density at radius 2 is 1.53 bits per heavy atom. The quantitative estimate of drug-likeness (QED) is 0.797. The Bertz CT molecular complexity index is 437. The van der Waals surface area contributed by atoms with Crippen molar-refractivity contribution in [1.82, 2.24) is 0 Å². The van der Waals surface area contributed by atoms with Crippen molar-refractivity contribution in [3.8, 4) is 11.5 Å². The summed E-state index contributed by atoms with van der Waals surface area (Å²) in [4.78, 5) is 0. The van der Waals surface area contributed by atoms with Crippen LogP contribution in [0, 0.1) is 0 Å². The molecule has 2 rings (SSSR count). The first-order chi connectivity index (χ1) is 7.94. The molecule has 2 N–H and O–H groups in total. The molecule has 0 fully saturated rings. The van der Waals surface area contributed by atoms with Gasteiger partial charge in [0.25, 0.3) is 11.6 Å². The Labute approximate surface area is 100 Å². The van der Waals surface area contributed by atoms with Crippen molar-refractivity contribution in [1.29, 1.82) is 0 Å². The van der Waals surface area contributed by atoms with Crippen molar-refractivity contribution in [3.63, 3.8) is 0 Å². The van der Waals surface area contributed by atoms with E-state index in [0.717, 1.165) is 0 Å². The molecular weight excluding hydrogens is 222 g/mol. The summed E-state index contributed by atoms with van der Waals surface area (Å²) in [6.07, 6.45) is 0. The van der Waals surface area contributed by atoms with Gasteiger partial charge in [-0.2, -0.15) is 0 Å². The van der Waals surface area contributed by atoms with Gasteiger partial charge in [-0.25, -0.2) is 0 Å². The number of benzene rings is 1. The van der Waals surface area contributed by atoms with Gasteiger partial charge in [0.05, 0.1) is 0 Å². The van der Waals surface area contributed by atoms with Crippen LogP contribution < -0.4 is 15.2 Å². The highest BCUT2D eigenvalue weighted by Gasteiger charge is 2.54. The molecule has 0 saturated heterocycles. The standard InChI is InChI=1S/C12H17NO4/c1-11(14-3)12(2,15-4)17-10-7-8(13)5-6-9(10)16-11/h5-7H,13H2,1-4H3/t11-,12-/m0/s1. The number of nitrogens with two attached hydrogens (primary N) is 1. The van der Waals surface area contributed by atoms with Crippen LogP contribution in [0.4, 0.5) is 5.69 Å². The number of hydrogen-bond acceptors (Lipinski definition) is 5. The number of rotatable bonds is 2. The summed E-state index contributed by atoms with van der Waals surface area (Å²) < 4.78 is 22.3. The molecule has 0 amide bonds. The van der Waals surface area contributed by atoms with Crippen molar-refractivity contribution in [3.05, 3.63) is 18.2 Å². The van der Waals surface area contributed by atoms with Gasteiger partial charge in [0.1, 0.15) is 0 Å². The zero-order valence-corrected chi connectivity index (χ0v) is 10.4. The molecule has 0 unspecified atom stereocenters. The number of nitrogen functional groups attached to an aromatic ring is 1. The SMILES string of the molecule is CO[C@@]1(C)Oc2ccc(N)cc2O[C@]1(C)OC. The molecule has 0 aromatic heterocycles. The van der Waals surface area contributed by atoms with Crippen molar-refractivity contribution in [2.45, 2.75) is 25.4 Å². The zero-order chi connectivity index (χ0) is 12.7. The molecule has 17 heavy (non-hydrogen) atoms. The lowest BCUT2D eigenvalue weighted by atomic mass is 10.1. The van der Waals surface area contributed by atoms with E-state index < -0.39 is 11.6 Å². The molecule has 1 aliphatic heterocycles. The molecule has 0 bridgehead atoms. The molecule has 5 nitrogen and oxygen atoms in total. The van der Waals surface area contributed by atoms with E-state index in [0.29, 0.717) is 17.2 Å². The Kier molecular flexibility index (Phi) is 2.67. The number of fused-ring (bicyclic) bond motifs is 1. The Morgan fingerprint density at radius 1 is 1.00 bits per heavy atom. The van der Waals surface area contributed by atoms with Gasteiger partial charge < -0.3 is 24.7 Å². The second-order valence-corrected chi connectivity index (χ2v) is 4.21. The van der Waals surface area contributed by atoms with Crippen molar-refractivity contribution in [2.75, 3.05) is 20.0 Å². The minimum atomic E-state index is -1.04. The fraction of sp³-hybridized carbons (Fsp3) is 0.500. The molecule has 1 aliphatic rings. The zero-order valence-electron chi connectivity index (χ0n) is 10.4. The highest BCUT2D eigenvalue weighted by molar-refractivity contribution is 5.53. The summed E-state index contributed by atoms with van der Waals surface area (Å²) in [5, 5.41) is 0.